The highest BCUT2D eigenvalue weighted by Crippen LogP contribution is 2.14. The lowest BCUT2D eigenvalue weighted by atomic mass is 10.0. The van der Waals surface area contributed by atoms with Gasteiger partial charge in [0, 0.05) is 0 Å². The van der Waals surface area contributed by atoms with Crippen LogP contribution in [0.1, 0.15) is 155 Å². The number of carbonyl (C=O) groups is 1. The topological polar surface area (TPSA) is 40.5 Å². The summed E-state index contributed by atoms with van der Waals surface area (Å²) >= 11 is 0. The van der Waals surface area contributed by atoms with Crippen LogP contribution in [0.25, 0.3) is 0 Å². The fraction of sp³-hybridized carbons (Fsp3) is 0.964. The van der Waals surface area contributed by atoms with Gasteiger partial charge in [0.2, 0.25) is 0 Å². The zero-order valence-corrected chi connectivity index (χ0v) is 21.5. The molecule has 0 saturated heterocycles. The molecule has 0 spiro atoms. The van der Waals surface area contributed by atoms with Crippen LogP contribution in [0.3, 0.4) is 0 Å². The molecule has 0 aromatic rings. The third-order valence-electron chi connectivity index (χ3n) is 6.51. The van der Waals surface area contributed by atoms with E-state index in [-0.39, 0.29) is 6.54 Å². The molecule has 0 rings (SSSR count). The Balaban J connectivity index is 3.43. The van der Waals surface area contributed by atoms with Crippen molar-refractivity contribution < 1.29 is 9.90 Å². The number of aliphatic carboxylic acids is 1. The Morgan fingerprint density at radius 3 is 1.00 bits per heavy atom. The van der Waals surface area contributed by atoms with Crippen LogP contribution in [-0.4, -0.2) is 35.6 Å². The Hall–Kier alpha value is -0.570. The van der Waals surface area contributed by atoms with Crippen molar-refractivity contribution in [1.29, 1.82) is 0 Å². The van der Waals surface area contributed by atoms with Gasteiger partial charge >= 0.3 is 5.97 Å². The van der Waals surface area contributed by atoms with Gasteiger partial charge in [0.15, 0.2) is 0 Å². The van der Waals surface area contributed by atoms with Crippen LogP contribution in [-0.2, 0) is 4.79 Å². The number of hydrogen-bond acceptors (Lipinski definition) is 2. The second-order valence-corrected chi connectivity index (χ2v) is 9.74. The van der Waals surface area contributed by atoms with E-state index >= 15 is 0 Å². The molecule has 0 fully saturated rings. The maximum Gasteiger partial charge on any atom is 0.317 e. The molecule has 31 heavy (non-hydrogen) atoms. The SMILES string of the molecule is CCCCCCCCCCCCCCCCCCN(CCCCCCCC)CC(=O)O. The number of nitrogens with zero attached hydrogens (tertiary/aromatic N) is 1. The highest BCUT2D eigenvalue weighted by molar-refractivity contribution is 5.69. The van der Waals surface area contributed by atoms with Crippen LogP contribution in [0.4, 0.5) is 0 Å². The van der Waals surface area contributed by atoms with Crippen LogP contribution in [0.15, 0.2) is 0 Å². The maximum absolute atomic E-state index is 11.1. The van der Waals surface area contributed by atoms with E-state index < -0.39 is 5.97 Å². The van der Waals surface area contributed by atoms with Gasteiger partial charge in [0.05, 0.1) is 6.54 Å². The van der Waals surface area contributed by atoms with Crippen LogP contribution >= 0.6 is 0 Å². The van der Waals surface area contributed by atoms with E-state index in [0.717, 1.165) is 25.9 Å². The van der Waals surface area contributed by atoms with Crippen molar-refractivity contribution in [2.24, 2.45) is 0 Å². The molecule has 0 heterocycles. The van der Waals surface area contributed by atoms with Crippen molar-refractivity contribution in [2.45, 2.75) is 155 Å². The summed E-state index contributed by atoms with van der Waals surface area (Å²) in [6.45, 7) is 6.66. The minimum Gasteiger partial charge on any atom is -0.480 e. The first-order valence-corrected chi connectivity index (χ1v) is 14.1. The summed E-state index contributed by atoms with van der Waals surface area (Å²) in [5, 5.41) is 9.15. The summed E-state index contributed by atoms with van der Waals surface area (Å²) in [5.74, 6) is -0.678. The molecule has 0 unspecified atom stereocenters. The van der Waals surface area contributed by atoms with Crippen molar-refractivity contribution >= 4 is 5.97 Å². The monoisotopic (exact) mass is 439 g/mol. The zero-order chi connectivity index (χ0) is 22.8. The molecule has 0 aromatic heterocycles. The lowest BCUT2D eigenvalue weighted by Crippen LogP contribution is -2.31. The van der Waals surface area contributed by atoms with Crippen molar-refractivity contribution in [3.05, 3.63) is 0 Å². The largest absolute Gasteiger partial charge is 0.480 e. The average Bonchev–Trinajstić information content (AvgIpc) is 2.75. The zero-order valence-electron chi connectivity index (χ0n) is 21.5. The fourth-order valence-electron chi connectivity index (χ4n) is 4.46. The van der Waals surface area contributed by atoms with E-state index in [2.05, 4.69) is 18.7 Å². The summed E-state index contributed by atoms with van der Waals surface area (Å²) in [5.41, 5.74) is 0. The molecule has 0 saturated carbocycles. The second kappa shape index (κ2) is 25.7. The predicted molar refractivity (Wildman–Crippen MR) is 137 cm³/mol. The Morgan fingerprint density at radius 2 is 0.742 bits per heavy atom. The Morgan fingerprint density at radius 1 is 0.484 bits per heavy atom. The van der Waals surface area contributed by atoms with Gasteiger partial charge in [-0.25, -0.2) is 0 Å². The van der Waals surface area contributed by atoms with E-state index in [1.54, 1.807) is 0 Å². The molecule has 0 radical (unpaired) electrons. The van der Waals surface area contributed by atoms with Gasteiger partial charge in [-0.1, -0.05) is 142 Å². The second-order valence-electron chi connectivity index (χ2n) is 9.74. The lowest BCUT2D eigenvalue weighted by molar-refractivity contribution is -0.138. The van der Waals surface area contributed by atoms with E-state index in [4.69, 9.17) is 5.11 Å². The minimum absolute atomic E-state index is 0.216. The molecule has 3 nitrogen and oxygen atoms in total. The summed E-state index contributed by atoms with van der Waals surface area (Å²) in [6, 6.07) is 0. The lowest BCUT2D eigenvalue weighted by Gasteiger charge is -2.20. The third kappa shape index (κ3) is 25.6. The van der Waals surface area contributed by atoms with E-state index in [1.165, 1.54) is 128 Å². The first-order valence-electron chi connectivity index (χ1n) is 14.1. The van der Waals surface area contributed by atoms with Gasteiger partial charge in [-0.2, -0.15) is 0 Å². The number of hydrogen-bond donors (Lipinski definition) is 1. The normalized spacial score (nSPS) is 11.5. The Kier molecular flexibility index (Phi) is 25.2. The Bertz CT molecular complexity index is 359. The van der Waals surface area contributed by atoms with E-state index in [0.29, 0.717) is 0 Å². The molecular formula is C28H57NO2. The average molecular weight is 440 g/mol. The molecule has 0 aromatic carbocycles. The molecule has 1 N–H and O–H groups in total. The maximum atomic E-state index is 11.1. The molecular weight excluding hydrogens is 382 g/mol. The highest BCUT2D eigenvalue weighted by atomic mass is 16.4. The van der Waals surface area contributed by atoms with Crippen molar-refractivity contribution in [3.63, 3.8) is 0 Å². The molecule has 3 heteroatoms. The number of rotatable bonds is 26. The Labute approximate surface area is 195 Å². The number of carboxylic acid groups (broad SMARTS) is 1. The summed E-state index contributed by atoms with van der Waals surface area (Å²) in [4.78, 5) is 13.3. The first-order chi connectivity index (χ1) is 15.2. The molecule has 0 amide bonds. The van der Waals surface area contributed by atoms with Gasteiger partial charge < -0.3 is 5.11 Å². The van der Waals surface area contributed by atoms with Crippen molar-refractivity contribution in [2.75, 3.05) is 19.6 Å². The molecule has 0 bridgehead atoms. The van der Waals surface area contributed by atoms with Gasteiger partial charge in [0.1, 0.15) is 0 Å². The summed E-state index contributed by atoms with van der Waals surface area (Å²) < 4.78 is 0. The number of unbranched alkanes of at least 4 members (excludes halogenated alkanes) is 20. The third-order valence-corrected chi connectivity index (χ3v) is 6.51. The minimum atomic E-state index is -0.678. The first kappa shape index (κ1) is 30.4. The van der Waals surface area contributed by atoms with E-state index in [1.807, 2.05) is 0 Å². The summed E-state index contributed by atoms with van der Waals surface area (Å²) in [7, 11) is 0. The molecule has 0 aliphatic rings. The fourth-order valence-corrected chi connectivity index (χ4v) is 4.46. The van der Waals surface area contributed by atoms with Crippen LogP contribution in [0, 0.1) is 0 Å². The van der Waals surface area contributed by atoms with Crippen LogP contribution in [0.2, 0.25) is 0 Å². The molecule has 0 aliphatic heterocycles. The van der Waals surface area contributed by atoms with Crippen molar-refractivity contribution in [1.82, 2.24) is 4.90 Å². The van der Waals surface area contributed by atoms with E-state index in [9.17, 15) is 4.79 Å². The van der Waals surface area contributed by atoms with Crippen LogP contribution in [0.5, 0.6) is 0 Å². The van der Waals surface area contributed by atoms with Gasteiger partial charge in [0.25, 0.3) is 0 Å². The smallest absolute Gasteiger partial charge is 0.317 e. The highest BCUT2D eigenvalue weighted by Gasteiger charge is 2.08. The molecule has 0 aliphatic carbocycles. The summed E-state index contributed by atoms with van der Waals surface area (Å²) in [6.07, 6.45) is 29.8. The van der Waals surface area contributed by atoms with Gasteiger partial charge in [-0.15, -0.1) is 0 Å². The standard InChI is InChI=1S/C28H57NO2/c1-3-5-7-9-11-12-13-14-15-16-17-18-19-20-22-24-26-29(27-28(30)31)25-23-21-10-8-6-4-2/h3-27H2,1-2H3,(H,30,31). The van der Waals surface area contributed by atoms with Crippen molar-refractivity contribution in [3.8, 4) is 0 Å². The van der Waals surface area contributed by atoms with Crippen LogP contribution < -0.4 is 0 Å². The quantitative estimate of drug-likeness (QED) is 0.137. The predicted octanol–water partition coefficient (Wildman–Crippen LogP) is 9.00. The van der Waals surface area contributed by atoms with Gasteiger partial charge in [-0.3, -0.25) is 9.69 Å². The molecule has 0 atom stereocenters. The number of carboxylic acids is 1. The molecule has 186 valence electrons. The van der Waals surface area contributed by atoms with Gasteiger partial charge in [-0.05, 0) is 25.9 Å².